The molecule has 0 radical (unpaired) electrons. The Labute approximate surface area is 98.7 Å². The summed E-state index contributed by atoms with van der Waals surface area (Å²) in [5.74, 6) is 0. The van der Waals surface area contributed by atoms with Gasteiger partial charge in [0.2, 0.25) is 15.3 Å². The van der Waals surface area contributed by atoms with Gasteiger partial charge in [-0.2, -0.15) is 0 Å². The number of aliphatic hydroxyl groups is 1. The maximum absolute atomic E-state index is 11.7. The van der Waals surface area contributed by atoms with Crippen LogP contribution in [-0.4, -0.2) is 36.1 Å². The zero-order valence-electron chi connectivity index (χ0n) is 8.59. The van der Waals surface area contributed by atoms with Gasteiger partial charge in [0.05, 0.1) is 19.0 Å². The third-order valence-electron chi connectivity index (χ3n) is 1.94. The Morgan fingerprint density at radius 2 is 2.06 bits per heavy atom. The van der Waals surface area contributed by atoms with Gasteiger partial charge in [-0.15, -0.1) is 0 Å². The second-order valence-corrected chi connectivity index (χ2v) is 5.15. The van der Waals surface area contributed by atoms with Crippen molar-refractivity contribution in [1.29, 1.82) is 0 Å². The lowest BCUT2D eigenvalue weighted by Gasteiger charge is -2.13. The molecule has 0 amide bonds. The van der Waals surface area contributed by atoms with Gasteiger partial charge in [0.1, 0.15) is 4.90 Å². The second kappa shape index (κ2) is 5.53. The predicted octanol–water partition coefficient (Wildman–Crippen LogP) is 0.179. The minimum atomic E-state index is -3.69. The number of halogens is 1. The van der Waals surface area contributed by atoms with E-state index in [2.05, 4.69) is 14.7 Å². The highest BCUT2D eigenvalue weighted by Gasteiger charge is 2.19. The van der Waals surface area contributed by atoms with E-state index in [-0.39, 0.29) is 16.8 Å². The predicted molar refractivity (Wildman–Crippen MR) is 58.5 cm³/mol. The Kier molecular flexibility index (Phi) is 4.60. The average Bonchev–Trinajstić information content (AvgIpc) is 2.26. The van der Waals surface area contributed by atoms with Crippen LogP contribution in [0.1, 0.15) is 13.3 Å². The van der Waals surface area contributed by atoms with Crippen molar-refractivity contribution in [2.24, 2.45) is 0 Å². The molecule has 0 fully saturated rings. The molecule has 0 bridgehead atoms. The summed E-state index contributed by atoms with van der Waals surface area (Å²) in [6.07, 6.45) is 2.72. The van der Waals surface area contributed by atoms with Crippen LogP contribution in [-0.2, 0) is 10.0 Å². The molecule has 0 spiro atoms. The Morgan fingerprint density at radius 3 is 2.50 bits per heavy atom. The zero-order valence-corrected chi connectivity index (χ0v) is 10.2. The molecule has 0 aliphatic heterocycles. The average molecular weight is 266 g/mol. The van der Waals surface area contributed by atoms with Crippen molar-refractivity contribution < 1.29 is 13.5 Å². The third kappa shape index (κ3) is 3.38. The van der Waals surface area contributed by atoms with Crippen LogP contribution in [0.3, 0.4) is 0 Å². The molecule has 8 heteroatoms. The molecule has 1 aromatic heterocycles. The van der Waals surface area contributed by atoms with Gasteiger partial charge in [-0.1, -0.05) is 6.92 Å². The first-order chi connectivity index (χ1) is 7.49. The fourth-order valence-electron chi connectivity index (χ4n) is 0.976. The number of sulfonamides is 1. The Balaban J connectivity index is 2.89. The number of aliphatic hydroxyl groups excluding tert-OH is 1. The first-order valence-electron chi connectivity index (χ1n) is 4.60. The summed E-state index contributed by atoms with van der Waals surface area (Å²) in [6.45, 7) is 1.51. The summed E-state index contributed by atoms with van der Waals surface area (Å²) >= 11 is 5.44. The van der Waals surface area contributed by atoms with Crippen LogP contribution in [0, 0.1) is 0 Å². The largest absolute Gasteiger partial charge is 0.395 e. The van der Waals surface area contributed by atoms with Crippen molar-refractivity contribution >= 4 is 21.6 Å². The molecule has 1 heterocycles. The highest BCUT2D eigenvalue weighted by molar-refractivity contribution is 7.89. The summed E-state index contributed by atoms with van der Waals surface area (Å²) < 4.78 is 25.8. The van der Waals surface area contributed by atoms with E-state index in [4.69, 9.17) is 16.7 Å². The normalized spacial score (nSPS) is 13.7. The van der Waals surface area contributed by atoms with Gasteiger partial charge < -0.3 is 5.11 Å². The molecule has 0 saturated heterocycles. The summed E-state index contributed by atoms with van der Waals surface area (Å²) in [4.78, 5) is 7.07. The molecule has 1 atom stereocenters. The number of aromatic nitrogens is 2. The molecule has 0 aliphatic rings. The zero-order chi connectivity index (χ0) is 12.2. The molecule has 1 aromatic rings. The van der Waals surface area contributed by atoms with Crippen molar-refractivity contribution in [3.8, 4) is 0 Å². The van der Waals surface area contributed by atoms with Crippen LogP contribution in [0.25, 0.3) is 0 Å². The number of rotatable bonds is 5. The Bertz CT molecular complexity index is 430. The van der Waals surface area contributed by atoms with E-state index in [1.165, 1.54) is 0 Å². The highest BCUT2D eigenvalue weighted by atomic mass is 35.5. The molecule has 0 aliphatic carbocycles. The number of nitrogens with one attached hydrogen (secondary N) is 1. The van der Waals surface area contributed by atoms with Crippen LogP contribution in [0.15, 0.2) is 17.3 Å². The molecule has 0 aromatic carbocycles. The number of nitrogens with zero attached hydrogens (tertiary/aromatic N) is 2. The van der Waals surface area contributed by atoms with Crippen LogP contribution >= 0.6 is 11.6 Å². The first kappa shape index (κ1) is 13.3. The van der Waals surface area contributed by atoms with E-state index in [0.717, 1.165) is 12.4 Å². The lowest BCUT2D eigenvalue weighted by atomic mass is 10.3. The van der Waals surface area contributed by atoms with E-state index in [0.29, 0.717) is 6.42 Å². The molecule has 90 valence electrons. The number of hydrogen-bond donors (Lipinski definition) is 2. The van der Waals surface area contributed by atoms with Crippen molar-refractivity contribution in [2.45, 2.75) is 24.3 Å². The molecular weight excluding hydrogens is 254 g/mol. The van der Waals surface area contributed by atoms with Crippen molar-refractivity contribution in [2.75, 3.05) is 6.61 Å². The van der Waals surface area contributed by atoms with Gasteiger partial charge in [0.15, 0.2) is 0 Å². The molecule has 16 heavy (non-hydrogen) atoms. The van der Waals surface area contributed by atoms with E-state index < -0.39 is 16.1 Å². The second-order valence-electron chi connectivity index (χ2n) is 3.10. The molecule has 2 N–H and O–H groups in total. The number of hydrogen-bond acceptors (Lipinski definition) is 5. The maximum Gasteiger partial charge on any atom is 0.243 e. The molecule has 1 rings (SSSR count). The van der Waals surface area contributed by atoms with E-state index >= 15 is 0 Å². The SMILES string of the molecule is CC[C@H](CO)NS(=O)(=O)c1cnc(Cl)nc1. The molecule has 0 saturated carbocycles. The summed E-state index contributed by atoms with van der Waals surface area (Å²) in [5, 5.41) is 8.88. The summed E-state index contributed by atoms with van der Waals surface area (Å²) in [5.41, 5.74) is 0. The minimum Gasteiger partial charge on any atom is -0.395 e. The molecule has 0 unspecified atom stereocenters. The summed E-state index contributed by atoms with van der Waals surface area (Å²) in [6, 6.07) is -0.513. The van der Waals surface area contributed by atoms with Gasteiger partial charge in [-0.3, -0.25) is 0 Å². The fraction of sp³-hybridized carbons (Fsp3) is 0.500. The Hall–Kier alpha value is -0.760. The van der Waals surface area contributed by atoms with Gasteiger partial charge in [-0.25, -0.2) is 23.1 Å². The van der Waals surface area contributed by atoms with Crippen LogP contribution in [0.5, 0.6) is 0 Å². The first-order valence-corrected chi connectivity index (χ1v) is 6.46. The fourth-order valence-corrected chi connectivity index (χ4v) is 2.27. The van der Waals surface area contributed by atoms with Crippen molar-refractivity contribution in [3.63, 3.8) is 0 Å². The van der Waals surface area contributed by atoms with Crippen LogP contribution in [0.2, 0.25) is 5.28 Å². The topological polar surface area (TPSA) is 92.2 Å². The lowest BCUT2D eigenvalue weighted by Crippen LogP contribution is -2.36. The van der Waals surface area contributed by atoms with E-state index in [1.807, 2.05) is 0 Å². The van der Waals surface area contributed by atoms with Gasteiger partial charge >= 0.3 is 0 Å². The van der Waals surface area contributed by atoms with Crippen molar-refractivity contribution in [3.05, 3.63) is 17.7 Å². The monoisotopic (exact) mass is 265 g/mol. The standard InChI is InChI=1S/C8H12ClN3O3S/c1-2-6(5-13)12-16(14,15)7-3-10-8(9)11-4-7/h3-4,6,12-13H,2,5H2,1H3/t6-/m1/s1. The van der Waals surface area contributed by atoms with Gasteiger partial charge in [0.25, 0.3) is 0 Å². The van der Waals surface area contributed by atoms with Crippen LogP contribution in [0.4, 0.5) is 0 Å². The Morgan fingerprint density at radius 1 is 1.50 bits per heavy atom. The highest BCUT2D eigenvalue weighted by Crippen LogP contribution is 2.08. The van der Waals surface area contributed by atoms with E-state index in [9.17, 15) is 8.42 Å². The van der Waals surface area contributed by atoms with Crippen molar-refractivity contribution in [1.82, 2.24) is 14.7 Å². The smallest absolute Gasteiger partial charge is 0.243 e. The van der Waals surface area contributed by atoms with Gasteiger partial charge in [-0.05, 0) is 18.0 Å². The summed E-state index contributed by atoms with van der Waals surface area (Å²) in [7, 11) is -3.69. The third-order valence-corrected chi connectivity index (χ3v) is 3.61. The lowest BCUT2D eigenvalue weighted by molar-refractivity contribution is 0.254. The maximum atomic E-state index is 11.7. The molecular formula is C8H12ClN3O3S. The quantitative estimate of drug-likeness (QED) is 0.741. The van der Waals surface area contributed by atoms with Gasteiger partial charge in [0, 0.05) is 6.04 Å². The van der Waals surface area contributed by atoms with Crippen LogP contribution < -0.4 is 4.72 Å². The molecule has 6 nitrogen and oxygen atoms in total. The van der Waals surface area contributed by atoms with E-state index in [1.54, 1.807) is 6.92 Å². The minimum absolute atomic E-state index is 0.0202.